The van der Waals surface area contributed by atoms with E-state index in [2.05, 4.69) is 6.92 Å². The lowest BCUT2D eigenvalue weighted by atomic mass is 9.62. The molecule has 0 bridgehead atoms. The molecule has 0 saturated carbocycles. The second kappa shape index (κ2) is 15.7. The molecule has 0 aliphatic rings. The number of aliphatic carboxylic acids is 2. The molecular formula is C26H51NO6. The van der Waals surface area contributed by atoms with Crippen molar-refractivity contribution in [2.24, 2.45) is 11.3 Å². The second-order valence-corrected chi connectivity index (χ2v) is 11.0. The van der Waals surface area contributed by atoms with Crippen molar-refractivity contribution in [2.75, 3.05) is 21.1 Å². The number of nitrogens with zero attached hydrogens (tertiary/aromatic N) is 1. The van der Waals surface area contributed by atoms with Gasteiger partial charge in [-0.2, -0.15) is 0 Å². The van der Waals surface area contributed by atoms with Crippen molar-refractivity contribution < 1.29 is 34.5 Å². The van der Waals surface area contributed by atoms with Crippen molar-refractivity contribution >= 4 is 11.9 Å². The van der Waals surface area contributed by atoms with Crippen molar-refractivity contribution in [1.82, 2.24) is 0 Å². The number of quaternary nitrogens is 1. The first-order valence-corrected chi connectivity index (χ1v) is 12.9. The van der Waals surface area contributed by atoms with Crippen LogP contribution in [0.3, 0.4) is 0 Å². The summed E-state index contributed by atoms with van der Waals surface area (Å²) in [5.74, 6) is -3.29. The summed E-state index contributed by atoms with van der Waals surface area (Å²) >= 11 is 0. The SMILES string of the molecule is CCCCCCCCCCCCC(CC(C)O)C(CC(C)O)(C(=O)O)C(C(=O)[O-])[N+](C)(C)C. The first kappa shape index (κ1) is 31.8. The molecule has 0 aliphatic heterocycles. The van der Waals surface area contributed by atoms with Crippen LogP contribution in [0.2, 0.25) is 0 Å². The summed E-state index contributed by atoms with van der Waals surface area (Å²) in [7, 11) is 4.92. The fourth-order valence-corrected chi connectivity index (χ4v) is 5.46. The molecule has 0 aliphatic carbocycles. The van der Waals surface area contributed by atoms with Crippen LogP contribution in [0.4, 0.5) is 0 Å². The smallest absolute Gasteiger partial charge is 0.316 e. The standard InChI is InChI=1S/C26H51NO6/c1-7-8-9-10-11-12-13-14-15-16-17-22(18-20(2)28)26(25(32)33,19-21(3)29)23(24(30)31)27(4,5)6/h20-23,28-29H,7-19H2,1-6H3,(H-,30,31,32,33). The van der Waals surface area contributed by atoms with Crippen LogP contribution in [-0.4, -0.2) is 71.1 Å². The Hall–Kier alpha value is -1.18. The van der Waals surface area contributed by atoms with E-state index in [0.29, 0.717) is 6.42 Å². The van der Waals surface area contributed by atoms with E-state index >= 15 is 0 Å². The maximum atomic E-state index is 12.8. The van der Waals surface area contributed by atoms with Crippen LogP contribution < -0.4 is 5.11 Å². The Morgan fingerprint density at radius 2 is 1.30 bits per heavy atom. The van der Waals surface area contributed by atoms with Crippen LogP contribution >= 0.6 is 0 Å². The van der Waals surface area contributed by atoms with Crippen LogP contribution in [0.25, 0.3) is 0 Å². The lowest BCUT2D eigenvalue weighted by Crippen LogP contribution is -2.67. The van der Waals surface area contributed by atoms with E-state index < -0.39 is 41.5 Å². The molecule has 0 heterocycles. The molecule has 0 fully saturated rings. The largest absolute Gasteiger partial charge is 0.544 e. The number of hydrogen-bond donors (Lipinski definition) is 3. The van der Waals surface area contributed by atoms with E-state index in [1.807, 2.05) is 0 Å². The number of carboxylic acids is 2. The number of carbonyl (C=O) groups excluding carboxylic acids is 1. The highest BCUT2D eigenvalue weighted by molar-refractivity contribution is 5.84. The molecule has 0 aromatic rings. The number of hydrogen-bond acceptors (Lipinski definition) is 5. The predicted octanol–water partition coefficient (Wildman–Crippen LogP) is 3.35. The van der Waals surface area contributed by atoms with E-state index in [0.717, 1.165) is 25.7 Å². The average Bonchev–Trinajstić information content (AvgIpc) is 2.65. The van der Waals surface area contributed by atoms with Gasteiger partial charge in [0.15, 0.2) is 0 Å². The first-order chi connectivity index (χ1) is 15.3. The molecular weight excluding hydrogens is 422 g/mol. The highest BCUT2D eigenvalue weighted by Gasteiger charge is 2.58. The minimum absolute atomic E-state index is 0.143. The van der Waals surface area contributed by atoms with Crippen LogP contribution in [0.1, 0.15) is 104 Å². The third-order valence-electron chi connectivity index (χ3n) is 6.78. The van der Waals surface area contributed by atoms with Gasteiger partial charge in [-0.15, -0.1) is 0 Å². The van der Waals surface area contributed by atoms with Gasteiger partial charge in [0, 0.05) is 0 Å². The Bertz CT molecular complexity index is 557. The molecule has 196 valence electrons. The third kappa shape index (κ3) is 11.2. The highest BCUT2D eigenvalue weighted by atomic mass is 16.4. The number of unbranched alkanes of at least 4 members (excludes halogenated alkanes) is 9. The summed E-state index contributed by atoms with van der Waals surface area (Å²) in [5, 5.41) is 43.1. The molecule has 0 aromatic carbocycles. The van der Waals surface area contributed by atoms with Gasteiger partial charge in [0.05, 0.1) is 33.4 Å². The van der Waals surface area contributed by atoms with Crippen LogP contribution in [0, 0.1) is 11.3 Å². The van der Waals surface area contributed by atoms with Gasteiger partial charge in [-0.05, 0) is 39.0 Å². The monoisotopic (exact) mass is 473 g/mol. The molecule has 5 unspecified atom stereocenters. The molecule has 7 heteroatoms. The number of rotatable bonds is 20. The van der Waals surface area contributed by atoms with Crippen molar-refractivity contribution in [2.45, 2.75) is 122 Å². The number of likely N-dealkylation sites (N-methyl/N-ethyl adjacent to an activating group) is 1. The van der Waals surface area contributed by atoms with Crippen LogP contribution in [0.15, 0.2) is 0 Å². The highest BCUT2D eigenvalue weighted by Crippen LogP contribution is 2.45. The molecule has 0 saturated heterocycles. The van der Waals surface area contributed by atoms with E-state index in [4.69, 9.17) is 0 Å². The van der Waals surface area contributed by atoms with Crippen molar-refractivity contribution in [3.05, 3.63) is 0 Å². The summed E-state index contributed by atoms with van der Waals surface area (Å²) in [6.45, 7) is 5.29. The average molecular weight is 474 g/mol. The molecule has 5 atom stereocenters. The van der Waals surface area contributed by atoms with Gasteiger partial charge < -0.3 is 29.7 Å². The molecule has 7 nitrogen and oxygen atoms in total. The second-order valence-electron chi connectivity index (χ2n) is 11.0. The van der Waals surface area contributed by atoms with Gasteiger partial charge in [-0.1, -0.05) is 71.1 Å². The van der Waals surface area contributed by atoms with E-state index in [1.54, 1.807) is 28.1 Å². The number of aliphatic hydroxyl groups excluding tert-OH is 2. The maximum absolute atomic E-state index is 12.8. The third-order valence-corrected chi connectivity index (χ3v) is 6.78. The van der Waals surface area contributed by atoms with Gasteiger partial charge in [0.25, 0.3) is 0 Å². The van der Waals surface area contributed by atoms with E-state index in [9.17, 15) is 30.0 Å². The predicted molar refractivity (Wildman–Crippen MR) is 129 cm³/mol. The van der Waals surface area contributed by atoms with E-state index in [1.165, 1.54) is 45.4 Å². The van der Waals surface area contributed by atoms with Crippen LogP contribution in [-0.2, 0) is 9.59 Å². The Kier molecular flexibility index (Phi) is 15.1. The Labute approximate surface area is 201 Å². The zero-order valence-electron chi connectivity index (χ0n) is 22.0. The van der Waals surface area contributed by atoms with Crippen LogP contribution in [0.5, 0.6) is 0 Å². The molecule has 0 spiro atoms. The number of carbonyl (C=O) groups is 2. The molecule has 3 N–H and O–H groups in total. The van der Waals surface area contributed by atoms with Gasteiger partial charge >= 0.3 is 5.97 Å². The summed E-state index contributed by atoms with van der Waals surface area (Å²) in [6.07, 6.45) is 10.1. The Morgan fingerprint density at radius 3 is 1.64 bits per heavy atom. The number of aliphatic hydroxyl groups is 2. The van der Waals surface area contributed by atoms with Gasteiger partial charge in [-0.25, -0.2) is 0 Å². The van der Waals surface area contributed by atoms with E-state index in [-0.39, 0.29) is 17.3 Å². The fourth-order valence-electron chi connectivity index (χ4n) is 5.46. The Morgan fingerprint density at radius 1 is 0.848 bits per heavy atom. The first-order valence-electron chi connectivity index (χ1n) is 12.9. The van der Waals surface area contributed by atoms with Crippen molar-refractivity contribution in [1.29, 1.82) is 0 Å². The molecule has 0 rings (SSSR count). The van der Waals surface area contributed by atoms with Gasteiger partial charge in [-0.3, -0.25) is 4.79 Å². The summed E-state index contributed by atoms with van der Waals surface area (Å²) in [6, 6.07) is -1.36. The van der Waals surface area contributed by atoms with Crippen molar-refractivity contribution in [3.63, 3.8) is 0 Å². The molecule has 0 radical (unpaired) electrons. The summed E-state index contributed by atoms with van der Waals surface area (Å²) < 4.78 is -0.143. The Balaban J connectivity index is 5.48. The lowest BCUT2D eigenvalue weighted by Gasteiger charge is -2.49. The molecule has 33 heavy (non-hydrogen) atoms. The zero-order valence-corrected chi connectivity index (χ0v) is 22.0. The fraction of sp³-hybridized carbons (Fsp3) is 0.923. The summed E-state index contributed by atoms with van der Waals surface area (Å²) in [5.41, 5.74) is -1.75. The molecule has 0 amide bonds. The minimum Gasteiger partial charge on any atom is -0.544 e. The normalized spacial score (nSPS) is 17.7. The minimum atomic E-state index is -1.75. The van der Waals surface area contributed by atoms with Gasteiger partial charge in [0.2, 0.25) is 0 Å². The zero-order chi connectivity index (χ0) is 25.7. The summed E-state index contributed by atoms with van der Waals surface area (Å²) in [4.78, 5) is 25.0. The molecule has 0 aromatic heterocycles. The maximum Gasteiger partial charge on any atom is 0.316 e. The lowest BCUT2D eigenvalue weighted by molar-refractivity contribution is -0.896. The topological polar surface area (TPSA) is 118 Å². The number of carboxylic acid groups (broad SMARTS) is 2. The van der Waals surface area contributed by atoms with Gasteiger partial charge in [0.1, 0.15) is 17.4 Å². The van der Waals surface area contributed by atoms with Crippen molar-refractivity contribution in [3.8, 4) is 0 Å². The quantitative estimate of drug-likeness (QED) is 0.184.